The minimum Gasteiger partial charge on any atom is -0.369 e. The molecule has 130 valence electrons. The first-order valence-corrected chi connectivity index (χ1v) is 8.92. The van der Waals surface area contributed by atoms with E-state index in [2.05, 4.69) is 48.6 Å². The number of hydrogen-bond donors (Lipinski definition) is 2. The van der Waals surface area contributed by atoms with E-state index in [-0.39, 0.29) is 5.91 Å². The maximum absolute atomic E-state index is 12.2. The Kier molecular flexibility index (Phi) is 5.60. The van der Waals surface area contributed by atoms with E-state index in [4.69, 9.17) is 0 Å². The lowest BCUT2D eigenvalue weighted by molar-refractivity contribution is 0.0952. The quantitative estimate of drug-likeness (QED) is 0.634. The number of benzene rings is 1. The number of aromatic nitrogens is 4. The molecular formula is C17H19BrN6O. The van der Waals surface area contributed by atoms with Crippen LogP contribution in [0.4, 0.5) is 5.82 Å². The van der Waals surface area contributed by atoms with Crippen molar-refractivity contribution in [1.29, 1.82) is 0 Å². The minimum absolute atomic E-state index is 0.113. The van der Waals surface area contributed by atoms with E-state index >= 15 is 0 Å². The normalized spacial score (nSPS) is 10.8. The van der Waals surface area contributed by atoms with Gasteiger partial charge in [-0.2, -0.15) is 5.10 Å². The van der Waals surface area contributed by atoms with Crippen LogP contribution in [0, 0.1) is 0 Å². The molecule has 0 fully saturated rings. The Balaban J connectivity index is 1.64. The number of anilines is 1. The zero-order valence-electron chi connectivity index (χ0n) is 13.9. The largest absolute Gasteiger partial charge is 0.369 e. The van der Waals surface area contributed by atoms with E-state index in [0.717, 1.165) is 34.3 Å². The lowest BCUT2D eigenvalue weighted by Gasteiger charge is -2.07. The molecule has 0 atom stereocenters. The molecule has 0 spiro atoms. The molecule has 1 aromatic carbocycles. The Morgan fingerprint density at radius 3 is 2.96 bits per heavy atom. The van der Waals surface area contributed by atoms with E-state index < -0.39 is 0 Å². The van der Waals surface area contributed by atoms with E-state index in [1.54, 1.807) is 23.0 Å². The number of hydrogen-bond acceptors (Lipinski definition) is 5. The Bertz CT molecular complexity index is 878. The second-order valence-corrected chi connectivity index (χ2v) is 6.44. The number of carbonyl (C=O) groups is 1. The third-order valence-electron chi connectivity index (χ3n) is 3.67. The van der Waals surface area contributed by atoms with Crippen molar-refractivity contribution >= 4 is 38.7 Å². The van der Waals surface area contributed by atoms with Gasteiger partial charge in [-0.05, 0) is 24.6 Å². The second-order valence-electron chi connectivity index (χ2n) is 5.52. The maximum Gasteiger partial charge on any atom is 0.251 e. The van der Waals surface area contributed by atoms with Gasteiger partial charge < -0.3 is 10.6 Å². The smallest absolute Gasteiger partial charge is 0.251 e. The number of carbonyl (C=O) groups excluding carboxylic acids is 1. The second kappa shape index (κ2) is 8.06. The molecule has 1 amide bonds. The van der Waals surface area contributed by atoms with Gasteiger partial charge in [0.1, 0.15) is 12.1 Å². The van der Waals surface area contributed by atoms with Crippen molar-refractivity contribution in [1.82, 2.24) is 25.1 Å². The van der Waals surface area contributed by atoms with Gasteiger partial charge in [0.25, 0.3) is 5.91 Å². The number of rotatable bonds is 7. The Hall–Kier alpha value is -2.48. The zero-order valence-corrected chi connectivity index (χ0v) is 15.5. The summed E-state index contributed by atoms with van der Waals surface area (Å²) in [5.41, 5.74) is 1.37. The standard InChI is InChI=1S/C17H19BrN6O/c1-2-6-19-15-14-10-23-24(16(14)22-11-21-15)8-7-20-17(25)12-4-3-5-13(18)9-12/h3-5,9-11H,2,6-8H2,1H3,(H,20,25)(H,19,21,22). The van der Waals surface area contributed by atoms with Crippen LogP contribution in [-0.2, 0) is 6.54 Å². The molecule has 0 saturated heterocycles. The van der Waals surface area contributed by atoms with Crippen LogP contribution >= 0.6 is 15.9 Å². The van der Waals surface area contributed by atoms with Gasteiger partial charge in [0.2, 0.25) is 0 Å². The number of fused-ring (bicyclic) bond motifs is 1. The molecule has 2 heterocycles. The molecule has 0 saturated carbocycles. The number of halogens is 1. The van der Waals surface area contributed by atoms with E-state index in [1.165, 1.54) is 6.33 Å². The molecule has 0 radical (unpaired) electrons. The monoisotopic (exact) mass is 402 g/mol. The van der Waals surface area contributed by atoms with Crippen molar-refractivity contribution in [3.05, 3.63) is 46.8 Å². The van der Waals surface area contributed by atoms with Crippen molar-refractivity contribution in [2.45, 2.75) is 19.9 Å². The molecule has 0 unspecified atom stereocenters. The summed E-state index contributed by atoms with van der Waals surface area (Å²) in [4.78, 5) is 20.7. The molecule has 0 aliphatic carbocycles. The number of amides is 1. The van der Waals surface area contributed by atoms with Crippen LogP contribution in [0.15, 0.2) is 41.3 Å². The van der Waals surface area contributed by atoms with Gasteiger partial charge >= 0.3 is 0 Å². The van der Waals surface area contributed by atoms with Gasteiger partial charge in [0.05, 0.1) is 18.1 Å². The van der Waals surface area contributed by atoms with Crippen LogP contribution in [0.1, 0.15) is 23.7 Å². The Morgan fingerprint density at radius 2 is 2.16 bits per heavy atom. The van der Waals surface area contributed by atoms with E-state index in [0.29, 0.717) is 18.7 Å². The maximum atomic E-state index is 12.2. The van der Waals surface area contributed by atoms with Gasteiger partial charge in [-0.25, -0.2) is 14.6 Å². The van der Waals surface area contributed by atoms with Gasteiger partial charge in [-0.3, -0.25) is 4.79 Å². The molecule has 0 aliphatic heterocycles. The van der Waals surface area contributed by atoms with Gasteiger partial charge in [0, 0.05) is 23.1 Å². The summed E-state index contributed by atoms with van der Waals surface area (Å²) in [5, 5.41) is 11.4. The highest BCUT2D eigenvalue weighted by Crippen LogP contribution is 2.18. The van der Waals surface area contributed by atoms with E-state index in [1.807, 2.05) is 12.1 Å². The van der Waals surface area contributed by atoms with Crippen LogP contribution in [0.25, 0.3) is 11.0 Å². The molecule has 2 N–H and O–H groups in total. The van der Waals surface area contributed by atoms with Crippen LogP contribution in [-0.4, -0.2) is 38.7 Å². The molecule has 25 heavy (non-hydrogen) atoms. The SMILES string of the molecule is CCCNc1ncnc2c1cnn2CCNC(=O)c1cccc(Br)c1. The first-order chi connectivity index (χ1) is 12.2. The average molecular weight is 403 g/mol. The first kappa shape index (κ1) is 17.3. The molecule has 8 heteroatoms. The van der Waals surface area contributed by atoms with Crippen molar-refractivity contribution in [3.8, 4) is 0 Å². The first-order valence-electron chi connectivity index (χ1n) is 8.13. The third-order valence-corrected chi connectivity index (χ3v) is 4.17. The molecule has 0 aliphatic rings. The minimum atomic E-state index is -0.113. The fourth-order valence-corrected chi connectivity index (χ4v) is 2.85. The summed E-state index contributed by atoms with van der Waals surface area (Å²) in [7, 11) is 0. The highest BCUT2D eigenvalue weighted by molar-refractivity contribution is 9.10. The van der Waals surface area contributed by atoms with Crippen molar-refractivity contribution in [2.24, 2.45) is 0 Å². The highest BCUT2D eigenvalue weighted by Gasteiger charge is 2.10. The predicted molar refractivity (Wildman–Crippen MR) is 101 cm³/mol. The summed E-state index contributed by atoms with van der Waals surface area (Å²) in [6, 6.07) is 7.29. The lowest BCUT2D eigenvalue weighted by atomic mass is 10.2. The fraction of sp³-hybridized carbons (Fsp3) is 0.294. The summed E-state index contributed by atoms with van der Waals surface area (Å²) in [6.07, 6.45) is 4.29. The van der Waals surface area contributed by atoms with E-state index in [9.17, 15) is 4.79 Å². The summed E-state index contributed by atoms with van der Waals surface area (Å²) in [5.74, 6) is 0.675. The summed E-state index contributed by atoms with van der Waals surface area (Å²) < 4.78 is 2.65. The fourth-order valence-electron chi connectivity index (χ4n) is 2.45. The van der Waals surface area contributed by atoms with Crippen LogP contribution in [0.5, 0.6) is 0 Å². The summed E-state index contributed by atoms with van der Waals surface area (Å²) >= 11 is 3.37. The van der Waals surface area contributed by atoms with Crippen LogP contribution < -0.4 is 10.6 Å². The average Bonchev–Trinajstić information content (AvgIpc) is 3.03. The third kappa shape index (κ3) is 4.14. The van der Waals surface area contributed by atoms with Crippen LogP contribution in [0.3, 0.4) is 0 Å². The number of nitrogens with one attached hydrogen (secondary N) is 2. The molecule has 3 aromatic rings. The van der Waals surface area contributed by atoms with Crippen molar-refractivity contribution in [2.75, 3.05) is 18.4 Å². The molecule has 7 nitrogen and oxygen atoms in total. The zero-order chi connectivity index (χ0) is 17.6. The lowest BCUT2D eigenvalue weighted by Crippen LogP contribution is -2.27. The topological polar surface area (TPSA) is 84.7 Å². The predicted octanol–water partition coefficient (Wildman–Crippen LogP) is 2.84. The van der Waals surface area contributed by atoms with Gasteiger partial charge in [-0.1, -0.05) is 28.9 Å². The molecular weight excluding hydrogens is 384 g/mol. The van der Waals surface area contributed by atoms with Gasteiger partial charge in [-0.15, -0.1) is 0 Å². The van der Waals surface area contributed by atoms with Crippen molar-refractivity contribution in [3.63, 3.8) is 0 Å². The number of nitrogens with zero attached hydrogens (tertiary/aromatic N) is 4. The molecule has 3 rings (SSSR count). The highest BCUT2D eigenvalue weighted by atomic mass is 79.9. The molecule has 2 aromatic heterocycles. The molecule has 0 bridgehead atoms. The van der Waals surface area contributed by atoms with Gasteiger partial charge in [0.15, 0.2) is 5.65 Å². The summed E-state index contributed by atoms with van der Waals surface area (Å²) in [6.45, 7) is 3.94. The Labute approximate surface area is 154 Å². The Morgan fingerprint density at radius 1 is 1.28 bits per heavy atom. The van der Waals surface area contributed by atoms with Crippen LogP contribution in [0.2, 0.25) is 0 Å². The van der Waals surface area contributed by atoms with Crippen molar-refractivity contribution < 1.29 is 4.79 Å².